The van der Waals surface area contributed by atoms with E-state index in [4.69, 9.17) is 0 Å². The normalized spacial score (nSPS) is 45.8. The van der Waals surface area contributed by atoms with E-state index < -0.39 is 0 Å². The number of hydrogen-bond donors (Lipinski definition) is 3. The molecule has 4 nitrogen and oxygen atoms in total. The quantitative estimate of drug-likeness (QED) is 0.711. The third kappa shape index (κ3) is 2.00. The summed E-state index contributed by atoms with van der Waals surface area (Å²) in [6.07, 6.45) is 8.30. The Labute approximate surface area is 114 Å². The monoisotopic (exact) mass is 264 g/mol. The Bertz CT molecular complexity index is 410. The minimum atomic E-state index is -0.377. The Hall–Kier alpha value is -0.610. The van der Waals surface area contributed by atoms with E-state index in [0.717, 1.165) is 51.6 Å². The summed E-state index contributed by atoms with van der Waals surface area (Å²) in [6, 6.07) is 0. The molecule has 0 aromatic carbocycles. The van der Waals surface area contributed by atoms with Crippen molar-refractivity contribution >= 4 is 5.91 Å². The average molecular weight is 264 g/mol. The van der Waals surface area contributed by atoms with E-state index >= 15 is 0 Å². The number of piperidine rings is 1. The molecule has 4 aliphatic carbocycles. The second-order valence-electron chi connectivity index (χ2n) is 7.69. The highest BCUT2D eigenvalue weighted by atomic mass is 16.3. The number of carbonyl (C=O) groups excluding carboxylic acids is 1. The second-order valence-corrected chi connectivity index (χ2v) is 7.69. The molecule has 4 saturated carbocycles. The van der Waals surface area contributed by atoms with Gasteiger partial charge < -0.3 is 15.7 Å². The van der Waals surface area contributed by atoms with Crippen molar-refractivity contribution in [1.82, 2.24) is 10.6 Å². The lowest BCUT2D eigenvalue weighted by Gasteiger charge is -2.44. The molecule has 106 valence electrons. The van der Waals surface area contributed by atoms with Crippen molar-refractivity contribution in [2.24, 2.45) is 11.3 Å². The van der Waals surface area contributed by atoms with Gasteiger partial charge >= 0.3 is 0 Å². The van der Waals surface area contributed by atoms with E-state index in [-0.39, 0.29) is 22.8 Å². The fourth-order valence-corrected chi connectivity index (χ4v) is 4.74. The predicted molar refractivity (Wildman–Crippen MR) is 71.6 cm³/mol. The maximum absolute atomic E-state index is 12.3. The Kier molecular flexibility index (Phi) is 2.39. The molecule has 3 N–H and O–H groups in total. The van der Waals surface area contributed by atoms with Gasteiger partial charge in [0.1, 0.15) is 0 Å². The van der Waals surface area contributed by atoms with Crippen molar-refractivity contribution in [1.29, 1.82) is 0 Å². The van der Waals surface area contributed by atoms with Gasteiger partial charge in [-0.25, -0.2) is 0 Å². The largest absolute Gasteiger partial charge is 0.390 e. The lowest BCUT2D eigenvalue weighted by molar-refractivity contribution is -0.128. The maximum Gasteiger partial charge on any atom is 0.223 e. The fourth-order valence-electron chi connectivity index (χ4n) is 4.74. The molecule has 1 aliphatic heterocycles. The zero-order valence-electron chi connectivity index (χ0n) is 11.5. The highest BCUT2D eigenvalue weighted by molar-refractivity contribution is 5.79. The smallest absolute Gasteiger partial charge is 0.223 e. The number of fused-ring (bicyclic) bond motifs is 1. The van der Waals surface area contributed by atoms with E-state index in [1.807, 2.05) is 0 Å². The van der Waals surface area contributed by atoms with Crippen LogP contribution in [0, 0.1) is 11.3 Å². The van der Waals surface area contributed by atoms with Gasteiger partial charge in [0, 0.05) is 18.0 Å². The second kappa shape index (κ2) is 3.73. The van der Waals surface area contributed by atoms with Crippen LogP contribution >= 0.6 is 0 Å². The molecule has 1 saturated heterocycles. The molecule has 5 fully saturated rings. The van der Waals surface area contributed by atoms with Gasteiger partial charge in [-0.1, -0.05) is 0 Å². The Morgan fingerprint density at radius 3 is 2.68 bits per heavy atom. The molecule has 1 heterocycles. The minimum absolute atomic E-state index is 0.209. The van der Waals surface area contributed by atoms with Gasteiger partial charge in [0.15, 0.2) is 0 Å². The molecule has 5 rings (SSSR count). The van der Waals surface area contributed by atoms with Crippen LogP contribution < -0.4 is 10.6 Å². The Balaban J connectivity index is 1.30. The summed E-state index contributed by atoms with van der Waals surface area (Å²) in [6.45, 7) is 1.77. The van der Waals surface area contributed by atoms with Gasteiger partial charge in [0.2, 0.25) is 5.91 Å². The van der Waals surface area contributed by atoms with E-state index in [0.29, 0.717) is 5.54 Å². The van der Waals surface area contributed by atoms with Gasteiger partial charge in [-0.05, 0) is 63.3 Å². The fraction of sp³-hybridized carbons (Fsp3) is 0.933. The molecule has 0 aromatic rings. The van der Waals surface area contributed by atoms with Crippen molar-refractivity contribution < 1.29 is 9.90 Å². The predicted octanol–water partition coefficient (Wildman–Crippen LogP) is 0.940. The number of hydrogen-bond acceptors (Lipinski definition) is 3. The molecule has 0 radical (unpaired) electrons. The van der Waals surface area contributed by atoms with E-state index in [1.165, 1.54) is 12.8 Å². The summed E-state index contributed by atoms with van der Waals surface area (Å²) in [5.74, 6) is 0.463. The third-order valence-corrected chi connectivity index (χ3v) is 6.02. The molecule has 1 spiro atoms. The Morgan fingerprint density at radius 2 is 2.05 bits per heavy atom. The molecule has 19 heavy (non-hydrogen) atoms. The summed E-state index contributed by atoms with van der Waals surface area (Å²) >= 11 is 0. The lowest BCUT2D eigenvalue weighted by Crippen LogP contribution is -2.51. The van der Waals surface area contributed by atoms with Gasteiger partial charge in [-0.15, -0.1) is 0 Å². The van der Waals surface area contributed by atoms with Crippen LogP contribution in [0.4, 0.5) is 0 Å². The number of nitrogens with one attached hydrogen (secondary N) is 2. The molecule has 2 bridgehead atoms. The van der Waals surface area contributed by atoms with Crippen LogP contribution in [-0.4, -0.2) is 35.2 Å². The molecular formula is C15H24N2O2. The van der Waals surface area contributed by atoms with Crippen molar-refractivity contribution in [2.75, 3.05) is 13.1 Å². The first-order chi connectivity index (χ1) is 9.02. The summed E-state index contributed by atoms with van der Waals surface area (Å²) in [5, 5.41) is 16.7. The highest BCUT2D eigenvalue weighted by Crippen LogP contribution is 2.60. The van der Waals surface area contributed by atoms with Gasteiger partial charge in [0.05, 0.1) is 5.60 Å². The average Bonchev–Trinajstić information content (AvgIpc) is 2.89. The summed E-state index contributed by atoms with van der Waals surface area (Å²) < 4.78 is 0. The van der Waals surface area contributed by atoms with E-state index in [2.05, 4.69) is 10.6 Å². The van der Waals surface area contributed by atoms with Gasteiger partial charge in [-0.2, -0.15) is 0 Å². The molecule has 1 amide bonds. The zero-order valence-corrected chi connectivity index (χ0v) is 11.5. The lowest BCUT2D eigenvalue weighted by atomic mass is 9.67. The number of rotatable bonds is 3. The van der Waals surface area contributed by atoms with Gasteiger partial charge in [0.25, 0.3) is 0 Å². The zero-order chi connectivity index (χ0) is 13.1. The summed E-state index contributed by atoms with van der Waals surface area (Å²) in [4.78, 5) is 12.3. The van der Waals surface area contributed by atoms with E-state index in [9.17, 15) is 9.90 Å². The summed E-state index contributed by atoms with van der Waals surface area (Å²) in [7, 11) is 0. The first-order valence-electron chi connectivity index (χ1n) is 7.78. The van der Waals surface area contributed by atoms with Gasteiger partial charge in [-0.3, -0.25) is 4.79 Å². The molecule has 1 unspecified atom stereocenters. The third-order valence-electron chi connectivity index (χ3n) is 6.02. The van der Waals surface area contributed by atoms with Crippen molar-refractivity contribution in [3.8, 4) is 0 Å². The Morgan fingerprint density at radius 1 is 1.26 bits per heavy atom. The molecule has 4 heteroatoms. The topological polar surface area (TPSA) is 61.4 Å². The van der Waals surface area contributed by atoms with Crippen LogP contribution in [0.15, 0.2) is 0 Å². The first kappa shape index (κ1) is 12.2. The number of carbonyl (C=O) groups is 1. The first-order valence-corrected chi connectivity index (χ1v) is 7.78. The summed E-state index contributed by atoms with van der Waals surface area (Å²) in [5.41, 5.74) is 0.175. The molecule has 1 atom stereocenters. The molecule has 0 aromatic heterocycles. The molecule has 5 aliphatic rings. The van der Waals surface area contributed by atoms with Crippen LogP contribution in [0.3, 0.4) is 0 Å². The van der Waals surface area contributed by atoms with Crippen LogP contribution in [0.1, 0.15) is 51.4 Å². The van der Waals surface area contributed by atoms with Crippen LogP contribution in [-0.2, 0) is 4.79 Å². The SMILES string of the molecule is O=C(NCC12CCC(O)(C1)C2)C1CCNC2(CC2)C1. The van der Waals surface area contributed by atoms with E-state index in [1.54, 1.807) is 0 Å². The van der Waals surface area contributed by atoms with Crippen molar-refractivity contribution in [3.05, 3.63) is 0 Å². The number of aliphatic hydroxyl groups is 1. The van der Waals surface area contributed by atoms with Crippen LogP contribution in [0.25, 0.3) is 0 Å². The van der Waals surface area contributed by atoms with Crippen LogP contribution in [0.2, 0.25) is 0 Å². The van der Waals surface area contributed by atoms with Crippen LogP contribution in [0.5, 0.6) is 0 Å². The minimum Gasteiger partial charge on any atom is -0.390 e. The van der Waals surface area contributed by atoms with Crippen molar-refractivity contribution in [2.45, 2.75) is 62.5 Å². The molecular weight excluding hydrogens is 240 g/mol. The standard InChI is InChI=1S/C15H24N2O2/c18-12(11-1-6-17-14(7-11)3-4-14)16-10-13-2-5-15(19,8-13)9-13/h11,17,19H,1-10H2,(H,16,18). The van der Waals surface area contributed by atoms with Crippen molar-refractivity contribution in [3.63, 3.8) is 0 Å². The maximum atomic E-state index is 12.3. The number of amides is 1. The highest BCUT2D eigenvalue weighted by Gasteiger charge is 2.59.